The molecule has 0 aromatic heterocycles. The van der Waals surface area contributed by atoms with Gasteiger partial charge in [0.05, 0.1) is 0 Å². The molecule has 2 N–H and O–H groups in total. The molecule has 0 aliphatic heterocycles. The van der Waals surface area contributed by atoms with Gasteiger partial charge in [-0.15, -0.1) is 0 Å². The van der Waals surface area contributed by atoms with Crippen LogP contribution in [0.4, 0.5) is 10.1 Å². The summed E-state index contributed by atoms with van der Waals surface area (Å²) in [6.45, 7) is -0.931. The fraction of sp³-hybridized carbons (Fsp3) is 0.200. The van der Waals surface area contributed by atoms with E-state index in [-0.39, 0.29) is 6.61 Å². The molecule has 0 bridgehead atoms. The highest BCUT2D eigenvalue weighted by Gasteiger charge is 2.04. The number of carbonyl (C=O) groups excluding carboxylic acids is 1. The van der Waals surface area contributed by atoms with Gasteiger partial charge in [-0.1, -0.05) is 6.07 Å². The first-order chi connectivity index (χ1) is 7.58. The Balaban J connectivity index is 2.37. The van der Waals surface area contributed by atoms with Crippen molar-refractivity contribution in [2.45, 2.75) is 0 Å². The molecule has 0 saturated carbocycles. The van der Waals surface area contributed by atoms with Gasteiger partial charge in [0.2, 0.25) is 5.91 Å². The van der Waals surface area contributed by atoms with Crippen LogP contribution in [0.15, 0.2) is 24.3 Å². The van der Waals surface area contributed by atoms with E-state index in [0.717, 1.165) is 6.07 Å². The molecule has 5 nitrogen and oxygen atoms in total. The summed E-state index contributed by atoms with van der Waals surface area (Å²) >= 11 is 0. The van der Waals surface area contributed by atoms with Crippen molar-refractivity contribution in [3.8, 4) is 0 Å². The molecule has 0 fully saturated rings. The van der Waals surface area contributed by atoms with Crippen LogP contribution >= 0.6 is 0 Å². The van der Waals surface area contributed by atoms with Gasteiger partial charge in [0.1, 0.15) is 19.0 Å². The van der Waals surface area contributed by atoms with Crippen molar-refractivity contribution in [1.82, 2.24) is 0 Å². The molecule has 0 radical (unpaired) electrons. The van der Waals surface area contributed by atoms with Crippen molar-refractivity contribution in [3.63, 3.8) is 0 Å². The maximum atomic E-state index is 12.7. The minimum absolute atomic E-state index is 0.295. The first kappa shape index (κ1) is 12.1. The lowest BCUT2D eigenvalue weighted by Crippen LogP contribution is -2.20. The van der Waals surface area contributed by atoms with Crippen LogP contribution in [0.1, 0.15) is 0 Å². The number of anilines is 1. The standard InChI is InChI=1S/C10H10FNO4/c11-7-2-1-3-8(4-7)12-9(13)5-16-6-10(14)15/h1-4H,5-6H2,(H,12,13)(H,14,15). The van der Waals surface area contributed by atoms with Crippen LogP contribution in [-0.2, 0) is 14.3 Å². The van der Waals surface area contributed by atoms with Gasteiger partial charge in [-0.05, 0) is 18.2 Å². The summed E-state index contributed by atoms with van der Waals surface area (Å²) in [5, 5.41) is 10.6. The third-order valence-electron chi connectivity index (χ3n) is 1.57. The fourth-order valence-electron chi connectivity index (χ4n) is 0.994. The molecule has 1 amide bonds. The van der Waals surface area contributed by atoms with E-state index in [0.29, 0.717) is 5.69 Å². The number of carboxylic acid groups (broad SMARTS) is 1. The van der Waals surface area contributed by atoms with E-state index >= 15 is 0 Å². The number of nitrogens with one attached hydrogen (secondary N) is 1. The molecule has 86 valence electrons. The molecule has 6 heteroatoms. The molecule has 0 aliphatic carbocycles. The van der Waals surface area contributed by atoms with E-state index in [1.165, 1.54) is 18.2 Å². The zero-order chi connectivity index (χ0) is 12.0. The van der Waals surface area contributed by atoms with Crippen molar-refractivity contribution in [3.05, 3.63) is 30.1 Å². The minimum atomic E-state index is -1.15. The molecule has 1 aromatic carbocycles. The summed E-state index contributed by atoms with van der Waals surface area (Å²) in [5.41, 5.74) is 0.295. The summed E-state index contributed by atoms with van der Waals surface area (Å²) in [4.78, 5) is 21.2. The van der Waals surface area contributed by atoms with Crippen molar-refractivity contribution < 1.29 is 23.8 Å². The molecule has 0 aliphatic rings. The van der Waals surface area contributed by atoms with E-state index < -0.39 is 24.3 Å². The second kappa shape index (κ2) is 5.82. The van der Waals surface area contributed by atoms with E-state index in [2.05, 4.69) is 10.1 Å². The largest absolute Gasteiger partial charge is 0.480 e. The van der Waals surface area contributed by atoms with Gasteiger partial charge in [-0.25, -0.2) is 9.18 Å². The second-order valence-electron chi connectivity index (χ2n) is 2.95. The van der Waals surface area contributed by atoms with E-state index in [4.69, 9.17) is 5.11 Å². The Morgan fingerprint density at radius 2 is 2.12 bits per heavy atom. The van der Waals surface area contributed by atoms with Crippen molar-refractivity contribution in [1.29, 1.82) is 0 Å². The van der Waals surface area contributed by atoms with Crippen molar-refractivity contribution >= 4 is 17.6 Å². The van der Waals surface area contributed by atoms with E-state index in [9.17, 15) is 14.0 Å². The second-order valence-corrected chi connectivity index (χ2v) is 2.95. The molecule has 1 aromatic rings. The zero-order valence-electron chi connectivity index (χ0n) is 8.27. The van der Waals surface area contributed by atoms with E-state index in [1.807, 2.05) is 0 Å². The summed E-state index contributed by atoms with van der Waals surface area (Å²) in [5.74, 6) is -2.16. The molecule has 0 heterocycles. The fourth-order valence-corrected chi connectivity index (χ4v) is 0.994. The zero-order valence-corrected chi connectivity index (χ0v) is 8.27. The summed E-state index contributed by atoms with van der Waals surface area (Å²) in [6, 6.07) is 5.35. The molecule has 0 spiro atoms. The molecule has 0 saturated heterocycles. The lowest BCUT2D eigenvalue weighted by Gasteiger charge is -2.04. The van der Waals surface area contributed by atoms with Gasteiger partial charge >= 0.3 is 5.97 Å². The average Bonchev–Trinajstić information content (AvgIpc) is 2.16. The van der Waals surface area contributed by atoms with E-state index in [1.54, 1.807) is 0 Å². The van der Waals surface area contributed by atoms with Gasteiger partial charge in [0.15, 0.2) is 0 Å². The number of carbonyl (C=O) groups is 2. The molecule has 0 unspecified atom stereocenters. The monoisotopic (exact) mass is 227 g/mol. The summed E-state index contributed by atoms with van der Waals surface area (Å²) in [6.07, 6.45) is 0. The molecular weight excluding hydrogens is 217 g/mol. The SMILES string of the molecule is O=C(O)COCC(=O)Nc1cccc(F)c1. The number of benzene rings is 1. The average molecular weight is 227 g/mol. The van der Waals surface area contributed by atoms with Crippen LogP contribution < -0.4 is 5.32 Å². The third-order valence-corrected chi connectivity index (χ3v) is 1.57. The first-order valence-corrected chi connectivity index (χ1v) is 4.43. The number of hydrogen-bond acceptors (Lipinski definition) is 3. The number of amides is 1. The molecule has 16 heavy (non-hydrogen) atoms. The maximum absolute atomic E-state index is 12.7. The number of carboxylic acids is 1. The summed E-state index contributed by atoms with van der Waals surface area (Å²) in [7, 11) is 0. The third kappa shape index (κ3) is 4.52. The van der Waals surface area contributed by atoms with Crippen LogP contribution in [0, 0.1) is 5.82 Å². The van der Waals surface area contributed by atoms with Crippen LogP contribution in [0.2, 0.25) is 0 Å². The topological polar surface area (TPSA) is 75.6 Å². The minimum Gasteiger partial charge on any atom is -0.480 e. The first-order valence-electron chi connectivity index (χ1n) is 4.43. The Bertz CT molecular complexity index is 394. The Hall–Kier alpha value is -1.95. The van der Waals surface area contributed by atoms with Gasteiger partial charge < -0.3 is 15.2 Å². The summed E-state index contributed by atoms with van der Waals surface area (Å²) < 4.78 is 17.3. The van der Waals surface area contributed by atoms with Crippen LogP contribution in [0.3, 0.4) is 0 Å². The van der Waals surface area contributed by atoms with Gasteiger partial charge in [0, 0.05) is 5.69 Å². The molecule has 0 atom stereocenters. The van der Waals surface area contributed by atoms with Crippen molar-refractivity contribution in [2.75, 3.05) is 18.5 Å². The van der Waals surface area contributed by atoms with Gasteiger partial charge in [-0.2, -0.15) is 0 Å². The molecular formula is C10H10FNO4. The van der Waals surface area contributed by atoms with Gasteiger partial charge in [-0.3, -0.25) is 4.79 Å². The van der Waals surface area contributed by atoms with Crippen LogP contribution in [-0.4, -0.2) is 30.2 Å². The maximum Gasteiger partial charge on any atom is 0.329 e. The Kier molecular flexibility index (Phi) is 4.41. The van der Waals surface area contributed by atoms with Crippen molar-refractivity contribution in [2.24, 2.45) is 0 Å². The number of ether oxygens (including phenoxy) is 1. The number of hydrogen-bond donors (Lipinski definition) is 2. The predicted octanol–water partition coefficient (Wildman–Crippen LogP) is 0.865. The number of halogens is 1. The lowest BCUT2D eigenvalue weighted by molar-refractivity contribution is -0.143. The lowest BCUT2D eigenvalue weighted by atomic mass is 10.3. The smallest absolute Gasteiger partial charge is 0.329 e. The van der Waals surface area contributed by atoms with Crippen LogP contribution in [0.5, 0.6) is 0 Å². The predicted molar refractivity (Wildman–Crippen MR) is 53.5 cm³/mol. The highest BCUT2D eigenvalue weighted by Crippen LogP contribution is 2.08. The van der Waals surface area contributed by atoms with Gasteiger partial charge in [0.25, 0.3) is 0 Å². The highest BCUT2D eigenvalue weighted by atomic mass is 19.1. The Labute approximate surface area is 90.8 Å². The normalized spacial score (nSPS) is 9.81. The molecule has 1 rings (SSSR count). The van der Waals surface area contributed by atoms with Crippen LogP contribution in [0.25, 0.3) is 0 Å². The quantitative estimate of drug-likeness (QED) is 0.782. The highest BCUT2D eigenvalue weighted by molar-refractivity contribution is 5.91. The Morgan fingerprint density at radius 1 is 1.38 bits per heavy atom. The number of rotatable bonds is 5. The Morgan fingerprint density at radius 3 is 2.75 bits per heavy atom. The number of aliphatic carboxylic acids is 1.